The minimum atomic E-state index is -0.00425. The first kappa shape index (κ1) is 24.5. The molecule has 4 aromatic rings. The van der Waals surface area contributed by atoms with E-state index >= 15 is 0 Å². The van der Waals surface area contributed by atoms with Crippen LogP contribution in [0.1, 0.15) is 53.0 Å². The van der Waals surface area contributed by atoms with Gasteiger partial charge in [-0.2, -0.15) is 0 Å². The lowest BCUT2D eigenvalue weighted by atomic mass is 10.1. The van der Waals surface area contributed by atoms with Crippen molar-refractivity contribution in [3.05, 3.63) is 95.3 Å². The van der Waals surface area contributed by atoms with E-state index in [2.05, 4.69) is 54.1 Å². The Balaban J connectivity index is 1.25. The molecule has 0 fully saturated rings. The summed E-state index contributed by atoms with van der Waals surface area (Å²) >= 11 is 0. The van der Waals surface area contributed by atoms with Gasteiger partial charge in [0.2, 0.25) is 0 Å². The van der Waals surface area contributed by atoms with Gasteiger partial charge in [0.05, 0.1) is 17.6 Å². The number of ether oxygens (including phenoxy) is 1. The number of para-hydroxylation sites is 2. The van der Waals surface area contributed by atoms with E-state index in [0.717, 1.165) is 55.7 Å². The van der Waals surface area contributed by atoms with Crippen molar-refractivity contribution in [2.24, 2.45) is 0 Å². The highest BCUT2D eigenvalue weighted by molar-refractivity contribution is 5.94. The largest absolute Gasteiger partial charge is 0.494 e. The zero-order valence-corrected chi connectivity index (χ0v) is 20.8. The number of imidazole rings is 1. The number of unbranched alkanes of at least 4 members (excludes halogenated alkanes) is 2. The lowest BCUT2D eigenvalue weighted by Crippen LogP contribution is -2.24. The number of hydrogen-bond donors (Lipinski definition) is 1. The molecule has 0 saturated carbocycles. The summed E-state index contributed by atoms with van der Waals surface area (Å²) in [7, 11) is 0. The van der Waals surface area contributed by atoms with Crippen LogP contribution < -0.4 is 10.1 Å². The van der Waals surface area contributed by atoms with E-state index in [4.69, 9.17) is 9.72 Å². The number of carbonyl (C=O) groups excluding carboxylic acids is 1. The van der Waals surface area contributed by atoms with Gasteiger partial charge < -0.3 is 14.6 Å². The van der Waals surface area contributed by atoms with E-state index in [1.165, 1.54) is 16.6 Å². The standard InChI is InChI=1S/C30H35N3O2/c1-23-17-18-26(22-24(23)2)35-21-11-20-33-28-15-9-8-14-27(28)32-29(33)16-7-4-10-19-31-30(34)25-12-5-3-6-13-25/h3,5-6,8-9,12-15,17-18,22H,4,7,10-11,16,19-21H2,1-2H3,(H,31,34). The molecule has 1 N–H and O–H groups in total. The maximum atomic E-state index is 12.2. The number of hydrogen-bond acceptors (Lipinski definition) is 3. The Labute approximate surface area is 208 Å². The topological polar surface area (TPSA) is 56.1 Å². The summed E-state index contributed by atoms with van der Waals surface area (Å²) in [6.07, 6.45) is 4.91. The Morgan fingerprint density at radius 1 is 0.886 bits per heavy atom. The quantitative estimate of drug-likeness (QED) is 0.249. The molecule has 0 bridgehead atoms. The summed E-state index contributed by atoms with van der Waals surface area (Å²) in [5.74, 6) is 2.06. The zero-order valence-electron chi connectivity index (χ0n) is 20.8. The predicted octanol–water partition coefficient (Wildman–Crippen LogP) is 6.27. The van der Waals surface area contributed by atoms with Gasteiger partial charge in [-0.15, -0.1) is 0 Å². The van der Waals surface area contributed by atoms with Gasteiger partial charge in [0, 0.05) is 25.1 Å². The fourth-order valence-corrected chi connectivity index (χ4v) is 4.26. The van der Waals surface area contributed by atoms with E-state index in [9.17, 15) is 4.79 Å². The van der Waals surface area contributed by atoms with Crippen molar-refractivity contribution in [3.8, 4) is 5.75 Å². The van der Waals surface area contributed by atoms with Gasteiger partial charge in [0.25, 0.3) is 5.91 Å². The van der Waals surface area contributed by atoms with E-state index in [1.807, 2.05) is 42.5 Å². The Hall–Kier alpha value is -3.60. The van der Waals surface area contributed by atoms with Crippen LogP contribution in [0.5, 0.6) is 5.75 Å². The third kappa shape index (κ3) is 6.72. The molecular formula is C30H35N3O2. The van der Waals surface area contributed by atoms with Crippen molar-refractivity contribution in [3.63, 3.8) is 0 Å². The number of amides is 1. The van der Waals surface area contributed by atoms with Crippen LogP contribution in [0.15, 0.2) is 72.8 Å². The van der Waals surface area contributed by atoms with E-state index in [1.54, 1.807) is 0 Å². The summed E-state index contributed by atoms with van der Waals surface area (Å²) in [6.45, 7) is 6.48. The molecule has 0 atom stereocenters. The van der Waals surface area contributed by atoms with Crippen LogP contribution in [0.25, 0.3) is 11.0 Å². The van der Waals surface area contributed by atoms with Gasteiger partial charge in [-0.05, 0) is 80.6 Å². The average molecular weight is 470 g/mol. The molecule has 0 radical (unpaired) electrons. The van der Waals surface area contributed by atoms with Gasteiger partial charge in [0.1, 0.15) is 11.6 Å². The molecule has 3 aromatic carbocycles. The van der Waals surface area contributed by atoms with Crippen LogP contribution in [0, 0.1) is 13.8 Å². The summed E-state index contributed by atoms with van der Waals surface area (Å²) in [6, 6.07) is 24.0. The van der Waals surface area contributed by atoms with E-state index in [-0.39, 0.29) is 5.91 Å². The molecule has 0 spiro atoms. The van der Waals surface area contributed by atoms with Crippen molar-refractivity contribution in [2.45, 2.75) is 52.5 Å². The second-order valence-electron chi connectivity index (χ2n) is 9.05. The zero-order chi connectivity index (χ0) is 24.5. The molecule has 4 rings (SSSR count). The molecule has 0 unspecified atom stereocenters. The van der Waals surface area contributed by atoms with Crippen LogP contribution in [0.4, 0.5) is 0 Å². The number of aromatic nitrogens is 2. The van der Waals surface area contributed by atoms with Gasteiger partial charge in [-0.1, -0.05) is 42.8 Å². The molecule has 5 heteroatoms. The minimum Gasteiger partial charge on any atom is -0.494 e. The van der Waals surface area contributed by atoms with Crippen molar-refractivity contribution in [1.82, 2.24) is 14.9 Å². The van der Waals surface area contributed by atoms with Gasteiger partial charge in [-0.25, -0.2) is 4.98 Å². The number of nitrogens with zero attached hydrogens (tertiary/aromatic N) is 2. The number of carbonyl (C=O) groups is 1. The normalized spacial score (nSPS) is 11.0. The van der Waals surface area contributed by atoms with Crippen LogP contribution in [-0.4, -0.2) is 28.6 Å². The molecule has 0 saturated heterocycles. The van der Waals surface area contributed by atoms with Crippen molar-refractivity contribution < 1.29 is 9.53 Å². The first-order valence-corrected chi connectivity index (χ1v) is 12.6. The maximum absolute atomic E-state index is 12.2. The first-order chi connectivity index (χ1) is 17.1. The fourth-order valence-electron chi connectivity index (χ4n) is 4.26. The Morgan fingerprint density at radius 2 is 1.69 bits per heavy atom. The summed E-state index contributed by atoms with van der Waals surface area (Å²) in [4.78, 5) is 17.1. The van der Waals surface area contributed by atoms with Gasteiger partial charge >= 0.3 is 0 Å². The molecule has 1 amide bonds. The van der Waals surface area contributed by atoms with Gasteiger partial charge in [0.15, 0.2) is 0 Å². The van der Waals surface area contributed by atoms with E-state index < -0.39 is 0 Å². The van der Waals surface area contributed by atoms with Crippen LogP contribution >= 0.6 is 0 Å². The highest BCUT2D eigenvalue weighted by atomic mass is 16.5. The smallest absolute Gasteiger partial charge is 0.251 e. The molecule has 0 aliphatic heterocycles. The molecule has 1 aromatic heterocycles. The number of nitrogens with one attached hydrogen (secondary N) is 1. The Bertz CT molecular complexity index is 1250. The van der Waals surface area contributed by atoms with Crippen LogP contribution in [0.2, 0.25) is 0 Å². The summed E-state index contributed by atoms with van der Waals surface area (Å²) in [5.41, 5.74) is 5.48. The third-order valence-corrected chi connectivity index (χ3v) is 6.41. The molecule has 0 aliphatic carbocycles. The lowest BCUT2D eigenvalue weighted by Gasteiger charge is -2.11. The Morgan fingerprint density at radius 3 is 2.51 bits per heavy atom. The highest BCUT2D eigenvalue weighted by Crippen LogP contribution is 2.20. The van der Waals surface area contributed by atoms with Crippen molar-refractivity contribution in [1.29, 1.82) is 0 Å². The molecule has 1 heterocycles. The second kappa shape index (κ2) is 12.2. The summed E-state index contributed by atoms with van der Waals surface area (Å²) < 4.78 is 8.34. The van der Waals surface area contributed by atoms with Gasteiger partial charge in [-0.3, -0.25) is 4.79 Å². The molecular weight excluding hydrogens is 434 g/mol. The number of benzene rings is 3. The molecule has 182 valence electrons. The number of rotatable bonds is 12. The lowest BCUT2D eigenvalue weighted by molar-refractivity contribution is 0.0953. The fraction of sp³-hybridized carbons (Fsp3) is 0.333. The van der Waals surface area contributed by atoms with E-state index in [0.29, 0.717) is 18.7 Å². The second-order valence-corrected chi connectivity index (χ2v) is 9.05. The predicted molar refractivity (Wildman–Crippen MR) is 142 cm³/mol. The highest BCUT2D eigenvalue weighted by Gasteiger charge is 2.10. The Kier molecular flexibility index (Phi) is 8.55. The molecule has 5 nitrogen and oxygen atoms in total. The van der Waals surface area contributed by atoms with Crippen LogP contribution in [0.3, 0.4) is 0 Å². The molecule has 35 heavy (non-hydrogen) atoms. The maximum Gasteiger partial charge on any atom is 0.251 e. The van der Waals surface area contributed by atoms with Crippen molar-refractivity contribution >= 4 is 16.9 Å². The number of fused-ring (bicyclic) bond motifs is 1. The van der Waals surface area contributed by atoms with Crippen LogP contribution in [-0.2, 0) is 13.0 Å². The first-order valence-electron chi connectivity index (χ1n) is 12.6. The van der Waals surface area contributed by atoms with Crippen molar-refractivity contribution in [2.75, 3.05) is 13.2 Å². The minimum absolute atomic E-state index is 0.00425. The number of aryl methyl sites for hydroxylation is 4. The molecule has 0 aliphatic rings. The SMILES string of the molecule is Cc1ccc(OCCCn2c(CCCCCNC(=O)c3ccccc3)nc3ccccc32)cc1C. The monoisotopic (exact) mass is 469 g/mol. The summed E-state index contributed by atoms with van der Waals surface area (Å²) in [5, 5.41) is 3.01. The third-order valence-electron chi connectivity index (χ3n) is 6.41. The average Bonchev–Trinajstić information content (AvgIpc) is 3.23.